The molecule has 4 heterocycles. The van der Waals surface area contributed by atoms with Gasteiger partial charge in [0.05, 0.1) is 33.5 Å². The zero-order chi connectivity index (χ0) is 41.4. The van der Waals surface area contributed by atoms with Crippen molar-refractivity contribution < 1.29 is 0 Å². The smallest absolute Gasteiger partial charge is 0.235 e. The van der Waals surface area contributed by atoms with Gasteiger partial charge < -0.3 is 4.57 Å². The highest BCUT2D eigenvalue weighted by atomic mass is 32.2. The van der Waals surface area contributed by atoms with Crippen LogP contribution >= 0.6 is 11.8 Å². The van der Waals surface area contributed by atoms with Crippen LogP contribution in [0.15, 0.2) is 223 Å². The van der Waals surface area contributed by atoms with Gasteiger partial charge in [-0.2, -0.15) is 0 Å². The number of benzene rings is 7. The Kier molecular flexibility index (Phi) is 8.38. The van der Waals surface area contributed by atoms with Gasteiger partial charge in [0.25, 0.3) is 0 Å². The van der Waals surface area contributed by atoms with Crippen molar-refractivity contribution in [3.05, 3.63) is 240 Å². The van der Waals surface area contributed by atoms with Gasteiger partial charge in [-0.3, -0.25) is 4.57 Å². The van der Waals surface area contributed by atoms with Crippen molar-refractivity contribution in [3.63, 3.8) is 0 Å². The van der Waals surface area contributed by atoms with Crippen molar-refractivity contribution >= 4 is 60.9 Å². The Bertz CT molecular complexity index is 3560. The molecule has 13 rings (SSSR count). The second kappa shape index (κ2) is 14.6. The fourth-order valence-electron chi connectivity index (χ4n) is 10.4. The molecule has 1 aliphatic heterocycles. The summed E-state index contributed by atoms with van der Waals surface area (Å²) in [6.45, 7) is 0. The zero-order valence-corrected chi connectivity index (χ0v) is 35.2. The fourth-order valence-corrected chi connectivity index (χ4v) is 11.7. The highest BCUT2D eigenvalue weighted by Crippen LogP contribution is 2.48. The molecule has 0 fully saturated rings. The van der Waals surface area contributed by atoms with Crippen LogP contribution in [-0.4, -0.2) is 19.1 Å². The van der Waals surface area contributed by atoms with Crippen LogP contribution in [0.25, 0.3) is 72.1 Å². The molecule has 298 valence electrons. The van der Waals surface area contributed by atoms with Crippen LogP contribution in [0.3, 0.4) is 0 Å². The third-order valence-corrected chi connectivity index (χ3v) is 14.7. The minimum Gasteiger partial charge on any atom is -0.307 e. The van der Waals surface area contributed by atoms with Crippen LogP contribution in [-0.2, 0) is 6.42 Å². The van der Waals surface area contributed by atoms with E-state index in [1.54, 1.807) is 0 Å². The van der Waals surface area contributed by atoms with E-state index in [-0.39, 0.29) is 11.8 Å². The average molecular weight is 825 g/mol. The van der Waals surface area contributed by atoms with Gasteiger partial charge in [0.1, 0.15) is 0 Å². The van der Waals surface area contributed by atoms with E-state index in [4.69, 9.17) is 9.97 Å². The first kappa shape index (κ1) is 36.2. The lowest BCUT2D eigenvalue weighted by Gasteiger charge is -2.30. The Morgan fingerprint density at radius 1 is 0.492 bits per heavy atom. The predicted molar refractivity (Wildman–Crippen MR) is 262 cm³/mol. The summed E-state index contributed by atoms with van der Waals surface area (Å²) in [7, 11) is 0. The van der Waals surface area contributed by atoms with Crippen molar-refractivity contribution in [2.45, 2.75) is 22.5 Å². The summed E-state index contributed by atoms with van der Waals surface area (Å²) in [6.07, 6.45) is 14.7. The van der Waals surface area contributed by atoms with Gasteiger partial charge in [0, 0.05) is 60.4 Å². The summed E-state index contributed by atoms with van der Waals surface area (Å²) in [5.74, 6) is 1.07. The van der Waals surface area contributed by atoms with Crippen molar-refractivity contribution in [3.8, 4) is 22.9 Å². The number of aromatic nitrogens is 4. The molecule has 0 radical (unpaired) electrons. The zero-order valence-electron chi connectivity index (χ0n) is 34.3. The third-order valence-electron chi connectivity index (χ3n) is 13.3. The lowest BCUT2D eigenvalue weighted by atomic mass is 9.73. The van der Waals surface area contributed by atoms with Gasteiger partial charge >= 0.3 is 0 Å². The second-order valence-corrected chi connectivity index (χ2v) is 18.1. The quantitative estimate of drug-likeness (QED) is 0.168. The number of para-hydroxylation sites is 2. The van der Waals surface area contributed by atoms with Crippen LogP contribution in [0.1, 0.15) is 33.6 Å². The lowest BCUT2D eigenvalue weighted by molar-refractivity contribution is 0.673. The molecule has 0 bridgehead atoms. The summed E-state index contributed by atoms with van der Waals surface area (Å²) in [5.41, 5.74) is 14.9. The van der Waals surface area contributed by atoms with Crippen LogP contribution in [0, 0.1) is 5.92 Å². The molecular weight excluding hydrogens is 785 g/mol. The Labute approximate surface area is 369 Å². The molecule has 4 nitrogen and oxygen atoms in total. The van der Waals surface area contributed by atoms with Crippen molar-refractivity contribution in [1.82, 2.24) is 19.1 Å². The Balaban J connectivity index is 1.08. The normalized spacial score (nSPS) is 17.9. The SMILES string of the molecule is C1=CC2=C(c3cc(-c4ccccc4)nc(-n4c5ccccc5c5ccc6c7ccccc7n(-c7cccc(C8Cc9ccccc9S8)c7)c6c54)n3)C=CC(c3ccccc3)C2C=C1. The van der Waals surface area contributed by atoms with Crippen molar-refractivity contribution in [2.24, 2.45) is 5.92 Å². The molecule has 0 saturated carbocycles. The highest BCUT2D eigenvalue weighted by molar-refractivity contribution is 7.99. The van der Waals surface area contributed by atoms with Crippen molar-refractivity contribution in [1.29, 1.82) is 0 Å². The maximum atomic E-state index is 5.64. The molecule has 3 atom stereocenters. The Morgan fingerprint density at radius 2 is 1.16 bits per heavy atom. The Hall–Kier alpha value is -7.47. The van der Waals surface area contributed by atoms with Gasteiger partial charge in [-0.15, -0.1) is 11.8 Å². The number of fused-ring (bicyclic) bond motifs is 9. The van der Waals surface area contributed by atoms with E-state index in [9.17, 15) is 0 Å². The molecule has 0 N–H and O–H groups in total. The van der Waals surface area contributed by atoms with Gasteiger partial charge in [0.2, 0.25) is 5.95 Å². The molecule has 7 aromatic carbocycles. The largest absolute Gasteiger partial charge is 0.307 e. The molecule has 3 aromatic heterocycles. The van der Waals surface area contributed by atoms with Crippen LogP contribution in [0.2, 0.25) is 0 Å². The summed E-state index contributed by atoms with van der Waals surface area (Å²) < 4.78 is 4.83. The molecule has 5 heteroatoms. The topological polar surface area (TPSA) is 35.6 Å². The molecule has 63 heavy (non-hydrogen) atoms. The van der Waals surface area contributed by atoms with Crippen molar-refractivity contribution in [2.75, 3.05) is 0 Å². The van der Waals surface area contributed by atoms with Crippen LogP contribution < -0.4 is 0 Å². The predicted octanol–water partition coefficient (Wildman–Crippen LogP) is 14.6. The van der Waals surface area contributed by atoms with E-state index in [2.05, 4.69) is 222 Å². The van der Waals surface area contributed by atoms with E-state index in [0.29, 0.717) is 11.2 Å². The summed E-state index contributed by atoms with van der Waals surface area (Å²) in [6, 6.07) is 63.9. The van der Waals surface area contributed by atoms with Gasteiger partial charge in [0.15, 0.2) is 0 Å². The molecule has 3 aliphatic rings. The minimum atomic E-state index is 0.187. The maximum Gasteiger partial charge on any atom is 0.235 e. The molecule has 2 aliphatic carbocycles. The number of hydrogen-bond acceptors (Lipinski definition) is 3. The van der Waals surface area contributed by atoms with E-state index < -0.39 is 0 Å². The number of nitrogens with zero attached hydrogens (tertiary/aromatic N) is 4. The summed E-state index contributed by atoms with van der Waals surface area (Å²) >= 11 is 1.98. The number of allylic oxidation sites excluding steroid dienone is 8. The molecular formula is C58H40N4S. The third kappa shape index (κ3) is 5.84. The number of rotatable bonds is 6. The van der Waals surface area contributed by atoms with E-state index in [1.165, 1.54) is 54.2 Å². The maximum absolute atomic E-state index is 5.64. The standard InChI is InChI=1S/C58H40N4S/c1-3-16-37(17-4-1)42-30-31-45(44-24-9-8-23-43(42)44)51-36-50(38-18-5-2-6-19-38)59-58(60-51)62-53-28-13-11-26-47(53)49-33-32-48-46-25-10-12-27-52(46)61(56(48)57(49)62)41-22-15-21-39(34-41)55-35-40-20-7-14-29-54(40)63-55/h1-34,36,42-43,55H,35H2. The second-order valence-electron chi connectivity index (χ2n) is 16.8. The van der Waals surface area contributed by atoms with E-state index in [1.807, 2.05) is 11.8 Å². The minimum absolute atomic E-state index is 0.187. The highest BCUT2D eigenvalue weighted by Gasteiger charge is 2.30. The average Bonchev–Trinajstić information content (AvgIpc) is 4.05. The molecule has 0 amide bonds. The monoisotopic (exact) mass is 824 g/mol. The Morgan fingerprint density at radius 3 is 1.95 bits per heavy atom. The van der Waals surface area contributed by atoms with Crippen LogP contribution in [0.5, 0.6) is 0 Å². The summed E-state index contributed by atoms with van der Waals surface area (Å²) in [4.78, 5) is 12.5. The first-order valence-corrected chi connectivity index (χ1v) is 22.7. The fraction of sp³-hybridized carbons (Fsp3) is 0.0690. The van der Waals surface area contributed by atoms with E-state index in [0.717, 1.165) is 51.2 Å². The lowest BCUT2D eigenvalue weighted by Crippen LogP contribution is -2.17. The molecule has 0 saturated heterocycles. The van der Waals surface area contributed by atoms with Gasteiger partial charge in [-0.1, -0.05) is 176 Å². The first-order chi connectivity index (χ1) is 31.2. The van der Waals surface area contributed by atoms with Gasteiger partial charge in [-0.05, 0) is 65.1 Å². The molecule has 3 unspecified atom stereocenters. The molecule has 10 aromatic rings. The molecule has 0 spiro atoms. The summed E-state index contributed by atoms with van der Waals surface area (Å²) in [5, 5.41) is 5.11. The number of thioether (sulfide) groups is 1. The first-order valence-electron chi connectivity index (χ1n) is 21.8. The van der Waals surface area contributed by atoms with Gasteiger partial charge in [-0.25, -0.2) is 9.97 Å². The van der Waals surface area contributed by atoms with Crippen LogP contribution in [0.4, 0.5) is 0 Å². The number of hydrogen-bond donors (Lipinski definition) is 0. The van der Waals surface area contributed by atoms with E-state index >= 15 is 0 Å².